The van der Waals surface area contributed by atoms with Crippen LogP contribution in [0, 0.1) is 5.92 Å². The predicted octanol–water partition coefficient (Wildman–Crippen LogP) is 1.56. The zero-order chi connectivity index (χ0) is 13.9. The number of methoxy groups -OCH3 is 1. The van der Waals surface area contributed by atoms with Crippen LogP contribution in [0.15, 0.2) is 24.3 Å². The molecule has 5 heteroatoms. The Kier molecular flexibility index (Phi) is 4.47. The first-order chi connectivity index (χ1) is 8.98. The predicted molar refractivity (Wildman–Crippen MR) is 76.1 cm³/mol. The number of rotatable bonds is 5. The molecule has 2 rings (SSSR count). The first-order valence-corrected chi connectivity index (χ1v) is 8.32. The van der Waals surface area contributed by atoms with Crippen molar-refractivity contribution in [1.29, 1.82) is 0 Å². The van der Waals surface area contributed by atoms with Crippen LogP contribution in [0.25, 0.3) is 0 Å². The summed E-state index contributed by atoms with van der Waals surface area (Å²) < 4.78 is 28.1. The van der Waals surface area contributed by atoms with Crippen molar-refractivity contribution in [2.75, 3.05) is 32.2 Å². The Morgan fingerprint density at radius 2 is 2.21 bits per heavy atom. The molecule has 0 unspecified atom stereocenters. The zero-order valence-electron chi connectivity index (χ0n) is 11.5. The van der Waals surface area contributed by atoms with Gasteiger partial charge in [0, 0.05) is 13.1 Å². The third-order valence-corrected chi connectivity index (χ3v) is 5.32. The van der Waals surface area contributed by atoms with Gasteiger partial charge in [-0.05, 0) is 37.1 Å². The van der Waals surface area contributed by atoms with Gasteiger partial charge in [0.1, 0.15) is 5.75 Å². The van der Waals surface area contributed by atoms with E-state index in [0.29, 0.717) is 11.5 Å². The summed E-state index contributed by atoms with van der Waals surface area (Å²) in [5.74, 6) is 1.83. The lowest BCUT2D eigenvalue weighted by Gasteiger charge is -2.20. The summed E-state index contributed by atoms with van der Waals surface area (Å²) >= 11 is 0. The summed E-state index contributed by atoms with van der Waals surface area (Å²) in [4.78, 5) is 2.18. The molecular formula is C14H21NO3S. The van der Waals surface area contributed by atoms with Crippen molar-refractivity contribution >= 4 is 9.84 Å². The van der Waals surface area contributed by atoms with Gasteiger partial charge in [-0.2, -0.15) is 0 Å². The summed E-state index contributed by atoms with van der Waals surface area (Å²) in [5, 5.41) is 0. The second kappa shape index (κ2) is 5.92. The van der Waals surface area contributed by atoms with E-state index < -0.39 is 9.84 Å². The number of sulfone groups is 1. The van der Waals surface area contributed by atoms with Crippen LogP contribution in [-0.4, -0.2) is 45.5 Å². The maximum Gasteiger partial charge on any atom is 0.150 e. The molecule has 1 heterocycles. The number of ether oxygens (including phenoxy) is 1. The third-order valence-electron chi connectivity index (χ3n) is 3.48. The SMILES string of the molecule is COc1cccc(CN(C)C[C@@H]2CCS(=O)(=O)C2)c1. The minimum atomic E-state index is -2.77. The molecule has 1 fully saturated rings. The molecular weight excluding hydrogens is 262 g/mol. The molecule has 0 N–H and O–H groups in total. The Labute approximate surface area is 115 Å². The topological polar surface area (TPSA) is 46.6 Å². The quantitative estimate of drug-likeness (QED) is 0.823. The van der Waals surface area contributed by atoms with Gasteiger partial charge >= 0.3 is 0 Å². The fourth-order valence-electron chi connectivity index (χ4n) is 2.60. The maximum absolute atomic E-state index is 11.4. The highest BCUT2D eigenvalue weighted by Gasteiger charge is 2.28. The van der Waals surface area contributed by atoms with Crippen LogP contribution in [0.1, 0.15) is 12.0 Å². The molecule has 19 heavy (non-hydrogen) atoms. The lowest BCUT2D eigenvalue weighted by molar-refractivity contribution is 0.281. The van der Waals surface area contributed by atoms with Crippen molar-refractivity contribution in [3.8, 4) is 5.75 Å². The molecule has 0 saturated carbocycles. The minimum absolute atomic E-state index is 0.278. The van der Waals surface area contributed by atoms with Crippen LogP contribution in [0.5, 0.6) is 5.75 Å². The molecule has 1 atom stereocenters. The highest BCUT2D eigenvalue weighted by molar-refractivity contribution is 7.91. The van der Waals surface area contributed by atoms with Crippen molar-refractivity contribution in [3.63, 3.8) is 0 Å². The molecule has 106 valence electrons. The molecule has 0 amide bonds. The standard InChI is InChI=1S/C14H21NO3S/c1-15(10-13-6-7-19(16,17)11-13)9-12-4-3-5-14(8-12)18-2/h3-5,8,13H,6-7,9-11H2,1-2H3/t13-/m0/s1. The smallest absolute Gasteiger partial charge is 0.150 e. The zero-order valence-corrected chi connectivity index (χ0v) is 12.3. The van der Waals surface area contributed by atoms with Gasteiger partial charge in [0.15, 0.2) is 9.84 Å². The number of hydrogen-bond acceptors (Lipinski definition) is 4. The lowest BCUT2D eigenvalue weighted by Crippen LogP contribution is -2.26. The highest BCUT2D eigenvalue weighted by Crippen LogP contribution is 2.20. The lowest BCUT2D eigenvalue weighted by atomic mass is 10.1. The minimum Gasteiger partial charge on any atom is -0.497 e. The van der Waals surface area contributed by atoms with Crippen molar-refractivity contribution in [2.24, 2.45) is 5.92 Å². The molecule has 0 aliphatic carbocycles. The third kappa shape index (κ3) is 4.21. The van der Waals surface area contributed by atoms with Crippen LogP contribution in [0.2, 0.25) is 0 Å². The van der Waals surface area contributed by atoms with Crippen molar-refractivity contribution in [3.05, 3.63) is 29.8 Å². The van der Waals surface area contributed by atoms with Crippen LogP contribution >= 0.6 is 0 Å². The number of hydrogen-bond donors (Lipinski definition) is 0. The number of benzene rings is 1. The van der Waals surface area contributed by atoms with E-state index in [1.165, 1.54) is 5.56 Å². The first kappa shape index (κ1) is 14.3. The van der Waals surface area contributed by atoms with E-state index in [1.807, 2.05) is 25.2 Å². The molecule has 0 aromatic heterocycles. The molecule has 0 radical (unpaired) electrons. The summed E-state index contributed by atoms with van der Waals surface area (Å²) in [6.45, 7) is 1.64. The highest BCUT2D eigenvalue weighted by atomic mass is 32.2. The van der Waals surface area contributed by atoms with E-state index in [1.54, 1.807) is 7.11 Å². The van der Waals surface area contributed by atoms with E-state index in [9.17, 15) is 8.42 Å². The second-order valence-electron chi connectivity index (χ2n) is 5.32. The molecule has 1 aliphatic heterocycles. The van der Waals surface area contributed by atoms with Crippen molar-refractivity contribution in [2.45, 2.75) is 13.0 Å². The van der Waals surface area contributed by atoms with Gasteiger partial charge in [-0.25, -0.2) is 8.42 Å². The molecule has 1 saturated heterocycles. The first-order valence-electron chi connectivity index (χ1n) is 6.50. The van der Waals surface area contributed by atoms with Gasteiger partial charge in [-0.1, -0.05) is 12.1 Å². The van der Waals surface area contributed by atoms with Crippen molar-refractivity contribution < 1.29 is 13.2 Å². The summed E-state index contributed by atoms with van der Waals surface area (Å²) in [5.41, 5.74) is 1.18. The molecule has 0 spiro atoms. The summed E-state index contributed by atoms with van der Waals surface area (Å²) in [6.07, 6.45) is 0.796. The van der Waals surface area contributed by atoms with E-state index in [2.05, 4.69) is 11.0 Å². The van der Waals surface area contributed by atoms with Gasteiger partial charge in [0.25, 0.3) is 0 Å². The van der Waals surface area contributed by atoms with Crippen LogP contribution in [0.3, 0.4) is 0 Å². The Hall–Kier alpha value is -1.07. The van der Waals surface area contributed by atoms with Gasteiger partial charge in [0.2, 0.25) is 0 Å². The average molecular weight is 283 g/mol. The van der Waals surface area contributed by atoms with Crippen LogP contribution < -0.4 is 4.74 Å². The monoisotopic (exact) mass is 283 g/mol. The average Bonchev–Trinajstić information content (AvgIpc) is 2.68. The van der Waals surface area contributed by atoms with Gasteiger partial charge in [-0.15, -0.1) is 0 Å². The molecule has 1 aliphatic rings. The number of nitrogens with zero attached hydrogens (tertiary/aromatic N) is 1. The fourth-order valence-corrected chi connectivity index (χ4v) is 4.45. The molecule has 4 nitrogen and oxygen atoms in total. The molecule has 0 bridgehead atoms. The fraction of sp³-hybridized carbons (Fsp3) is 0.571. The Morgan fingerprint density at radius 3 is 2.84 bits per heavy atom. The molecule has 1 aromatic rings. The van der Waals surface area contributed by atoms with E-state index in [4.69, 9.17) is 4.74 Å². The van der Waals surface area contributed by atoms with Crippen LogP contribution in [0.4, 0.5) is 0 Å². The molecule has 1 aromatic carbocycles. The van der Waals surface area contributed by atoms with Crippen molar-refractivity contribution in [1.82, 2.24) is 4.90 Å². The van der Waals surface area contributed by atoms with E-state index in [0.717, 1.165) is 25.3 Å². The largest absolute Gasteiger partial charge is 0.497 e. The van der Waals surface area contributed by atoms with E-state index in [-0.39, 0.29) is 5.92 Å². The van der Waals surface area contributed by atoms with Gasteiger partial charge in [-0.3, -0.25) is 0 Å². The summed E-state index contributed by atoms with van der Waals surface area (Å²) in [7, 11) is 0.920. The Bertz CT molecular complexity index is 527. The Morgan fingerprint density at radius 1 is 1.42 bits per heavy atom. The van der Waals surface area contributed by atoms with Crippen LogP contribution in [-0.2, 0) is 16.4 Å². The Balaban J connectivity index is 1.89. The maximum atomic E-state index is 11.4. The summed E-state index contributed by atoms with van der Waals surface area (Å²) in [6, 6.07) is 7.97. The van der Waals surface area contributed by atoms with Gasteiger partial charge in [0.05, 0.1) is 18.6 Å². The van der Waals surface area contributed by atoms with E-state index >= 15 is 0 Å². The second-order valence-corrected chi connectivity index (χ2v) is 7.55. The normalized spacial score (nSPS) is 21.7. The van der Waals surface area contributed by atoms with Gasteiger partial charge < -0.3 is 9.64 Å².